The van der Waals surface area contributed by atoms with Crippen molar-refractivity contribution in [3.8, 4) is 84.6 Å². The molecule has 0 fully saturated rings. The highest BCUT2D eigenvalue weighted by atomic mass is 15.1. The molecule has 10 aromatic carbocycles. The highest BCUT2D eigenvalue weighted by Gasteiger charge is 2.25. The van der Waals surface area contributed by atoms with E-state index in [4.69, 9.17) is 15.0 Å². The van der Waals surface area contributed by atoms with Gasteiger partial charge in [0.2, 0.25) is 0 Å². The summed E-state index contributed by atoms with van der Waals surface area (Å²) in [5.41, 5.74) is 30.7. The Morgan fingerprint density at radius 2 is 0.434 bits per heavy atom. The molecule has 13 aromatic rings. The molecule has 0 bridgehead atoms. The van der Waals surface area contributed by atoms with Crippen LogP contribution in [0.2, 0.25) is 0 Å². The molecular weight excluding hydrogens is 1200 g/mol. The third kappa shape index (κ3) is 14.8. The van der Waals surface area contributed by atoms with Gasteiger partial charge in [-0.25, -0.2) is 15.0 Å². The van der Waals surface area contributed by atoms with Crippen molar-refractivity contribution >= 4 is 0 Å². The molecule has 0 amide bonds. The molecule has 0 atom stereocenters. The Hall–Kier alpha value is -10.2. The fraction of sp³-hybridized carbons (Fsp3) is 0.258. The first-order valence-corrected chi connectivity index (χ1v) is 36.2. The number of hydrogen-bond donors (Lipinski definition) is 0. The summed E-state index contributed by atoms with van der Waals surface area (Å²) in [6.07, 6.45) is 18.0. The molecule has 99 heavy (non-hydrogen) atoms. The number of aromatic nitrogens is 6. The standard InChI is InChI=1S/C93H96N6/c1-61(2)82-55-79(73-22-16-13-17-23-73)56-83(62(3)4)88(82)97-49-46-94-91(97)76-40-34-67(35-41-76)28-31-70-52-71(32-29-68-36-42-77(43-37-68)92-95-47-50-98(92)89-84(63(5)6)57-80(58-85(89)64(7)8)74-24-18-14-19-25-74)54-72(53-70)33-30-69-38-44-78(45-39-69)93-96-48-51-99(93)90-86(65(9)10)59-81(60-87(90)66(11)12)75-26-20-15-21-27-75/h13-27,34-66H,28-33H2,1-12H3. The zero-order valence-corrected chi connectivity index (χ0v) is 60.1. The summed E-state index contributed by atoms with van der Waals surface area (Å²) in [5.74, 6) is 4.82. The molecule has 0 N–H and O–H groups in total. The van der Waals surface area contributed by atoms with Crippen LogP contribution in [0.15, 0.2) is 256 Å². The first-order chi connectivity index (χ1) is 48.0. The summed E-state index contributed by atoms with van der Waals surface area (Å²) in [7, 11) is 0. The first kappa shape index (κ1) is 67.4. The van der Waals surface area contributed by atoms with E-state index in [0.717, 1.165) is 72.7 Å². The van der Waals surface area contributed by atoms with Gasteiger partial charge in [0.1, 0.15) is 17.5 Å². The monoisotopic (exact) mass is 1300 g/mol. The van der Waals surface area contributed by atoms with Crippen LogP contribution >= 0.6 is 0 Å². The smallest absolute Gasteiger partial charge is 0.144 e. The Labute approximate surface area is 589 Å². The highest BCUT2D eigenvalue weighted by molar-refractivity contribution is 5.75. The van der Waals surface area contributed by atoms with Crippen LogP contribution in [0.25, 0.3) is 84.6 Å². The van der Waals surface area contributed by atoms with Crippen LogP contribution in [0.5, 0.6) is 0 Å². The van der Waals surface area contributed by atoms with Crippen molar-refractivity contribution in [1.29, 1.82) is 0 Å². The predicted octanol–water partition coefficient (Wildman–Crippen LogP) is 24.3. The van der Waals surface area contributed by atoms with Crippen LogP contribution in [-0.4, -0.2) is 28.7 Å². The number of nitrogens with zero attached hydrogens (tertiary/aromatic N) is 6. The Morgan fingerprint density at radius 1 is 0.222 bits per heavy atom. The number of hydrogen-bond acceptors (Lipinski definition) is 3. The van der Waals surface area contributed by atoms with Crippen molar-refractivity contribution in [1.82, 2.24) is 28.7 Å². The van der Waals surface area contributed by atoms with Crippen LogP contribution in [0.3, 0.4) is 0 Å². The number of aryl methyl sites for hydroxylation is 6. The largest absolute Gasteiger partial charge is 0.299 e. The van der Waals surface area contributed by atoms with Crippen LogP contribution in [-0.2, 0) is 38.5 Å². The molecule has 0 saturated carbocycles. The fourth-order valence-corrected chi connectivity index (χ4v) is 14.6. The lowest BCUT2D eigenvalue weighted by atomic mass is 9.88. The van der Waals surface area contributed by atoms with E-state index >= 15 is 0 Å². The average molecular weight is 1300 g/mol. The van der Waals surface area contributed by atoms with Crippen molar-refractivity contribution < 1.29 is 0 Å². The highest BCUT2D eigenvalue weighted by Crippen LogP contribution is 2.42. The summed E-state index contributed by atoms with van der Waals surface area (Å²) in [6, 6.07) is 81.7. The maximum Gasteiger partial charge on any atom is 0.144 e. The topological polar surface area (TPSA) is 53.5 Å². The summed E-state index contributed by atoms with van der Waals surface area (Å²) in [4.78, 5) is 15.1. The van der Waals surface area contributed by atoms with Crippen LogP contribution in [0.4, 0.5) is 0 Å². The number of rotatable bonds is 24. The molecule has 0 aliphatic heterocycles. The number of benzene rings is 10. The van der Waals surface area contributed by atoms with Crippen molar-refractivity contribution in [3.63, 3.8) is 0 Å². The molecule has 498 valence electrons. The Kier molecular flexibility index (Phi) is 20.4. The van der Waals surface area contributed by atoms with Crippen LogP contribution in [0, 0.1) is 0 Å². The van der Waals surface area contributed by atoms with Gasteiger partial charge in [-0.2, -0.15) is 0 Å². The van der Waals surface area contributed by atoms with Crippen molar-refractivity contribution in [2.24, 2.45) is 0 Å². The summed E-state index contributed by atoms with van der Waals surface area (Å²) in [6.45, 7) is 27.7. The van der Waals surface area contributed by atoms with E-state index in [2.05, 4.69) is 334 Å². The van der Waals surface area contributed by atoms with E-state index < -0.39 is 0 Å². The van der Waals surface area contributed by atoms with Gasteiger partial charge in [0.15, 0.2) is 0 Å². The van der Waals surface area contributed by atoms with Crippen LogP contribution in [0.1, 0.15) is 185 Å². The van der Waals surface area contributed by atoms with E-state index in [1.807, 2.05) is 18.6 Å². The lowest BCUT2D eigenvalue weighted by molar-refractivity contribution is 0.807. The van der Waals surface area contributed by atoms with E-state index in [0.29, 0.717) is 35.5 Å². The second kappa shape index (κ2) is 29.9. The van der Waals surface area contributed by atoms with Gasteiger partial charge < -0.3 is 0 Å². The molecule has 0 aliphatic carbocycles. The summed E-state index contributed by atoms with van der Waals surface area (Å²) in [5, 5.41) is 0. The van der Waals surface area contributed by atoms with Crippen molar-refractivity contribution in [2.45, 2.75) is 157 Å². The van der Waals surface area contributed by atoms with Gasteiger partial charge in [-0.05, 0) is 211 Å². The minimum absolute atomic E-state index is 0.320. The van der Waals surface area contributed by atoms with E-state index in [-0.39, 0.29) is 0 Å². The molecule has 13 rings (SSSR count). The Morgan fingerprint density at radius 3 is 0.646 bits per heavy atom. The van der Waals surface area contributed by atoms with Crippen molar-refractivity contribution in [2.75, 3.05) is 0 Å². The Balaban J connectivity index is 0.763. The van der Waals surface area contributed by atoms with E-state index in [9.17, 15) is 0 Å². The molecule has 0 saturated heterocycles. The molecule has 3 aromatic heterocycles. The van der Waals surface area contributed by atoms with Gasteiger partial charge in [0.05, 0.1) is 17.1 Å². The molecule has 0 radical (unpaired) electrons. The van der Waals surface area contributed by atoms with Gasteiger partial charge >= 0.3 is 0 Å². The minimum Gasteiger partial charge on any atom is -0.299 e. The van der Waals surface area contributed by atoms with E-state index in [1.54, 1.807) is 0 Å². The molecule has 6 nitrogen and oxygen atoms in total. The normalized spacial score (nSPS) is 11.8. The second-order valence-electron chi connectivity index (χ2n) is 29.1. The average Bonchev–Trinajstić information content (AvgIpc) is 1.76. The van der Waals surface area contributed by atoms with Gasteiger partial charge in [-0.15, -0.1) is 0 Å². The van der Waals surface area contributed by atoms with Gasteiger partial charge in [-0.1, -0.05) is 265 Å². The number of imidazole rings is 3. The van der Waals surface area contributed by atoms with E-state index in [1.165, 1.54) is 117 Å². The molecular formula is C93H96N6. The molecule has 0 aliphatic rings. The SMILES string of the molecule is CC(C)c1cc(-c2ccccc2)cc(C(C)C)c1-n1ccnc1-c1ccc(CCc2cc(CCc3ccc(-c4nccn4-c4c(C(C)C)cc(-c5ccccc5)cc4C(C)C)cc3)cc(CCc3ccc(-c4nccn4-c4c(C(C)C)cc(-c5ccccc5)cc4C(C)C)cc3)c2)cc1. The molecule has 0 unspecified atom stereocenters. The lowest BCUT2D eigenvalue weighted by Crippen LogP contribution is -2.08. The molecule has 6 heteroatoms. The van der Waals surface area contributed by atoms with Gasteiger partial charge in [-0.3, -0.25) is 13.7 Å². The third-order valence-corrected chi connectivity index (χ3v) is 20.1. The van der Waals surface area contributed by atoms with Gasteiger partial charge in [0.25, 0.3) is 0 Å². The maximum absolute atomic E-state index is 5.04. The summed E-state index contributed by atoms with van der Waals surface area (Å²) >= 11 is 0. The first-order valence-electron chi connectivity index (χ1n) is 36.2. The van der Waals surface area contributed by atoms with Gasteiger partial charge in [0, 0.05) is 53.9 Å². The molecule has 0 spiro atoms. The van der Waals surface area contributed by atoms with Crippen LogP contribution < -0.4 is 0 Å². The zero-order chi connectivity index (χ0) is 68.8. The second-order valence-corrected chi connectivity index (χ2v) is 29.1. The van der Waals surface area contributed by atoms with Crippen molar-refractivity contribution in [3.05, 3.63) is 322 Å². The quantitative estimate of drug-likeness (QED) is 0.0606. The third-order valence-electron chi connectivity index (χ3n) is 20.1. The minimum atomic E-state index is 0.320. The molecule has 3 heterocycles. The lowest BCUT2D eigenvalue weighted by Gasteiger charge is -2.23. The fourth-order valence-electron chi connectivity index (χ4n) is 14.6. The predicted molar refractivity (Wildman–Crippen MR) is 417 cm³/mol. The summed E-state index contributed by atoms with van der Waals surface area (Å²) < 4.78 is 7.01. The Bertz CT molecular complexity index is 4270. The zero-order valence-electron chi connectivity index (χ0n) is 60.1. The maximum atomic E-state index is 5.04.